The number of hydrogen-bond donors (Lipinski definition) is 0. The normalized spacial score (nSPS) is 19.8. The minimum Gasteiger partial charge on any atom is -0.497 e. The third-order valence-electron chi connectivity index (χ3n) is 5.72. The molecule has 1 amide bonds. The molecule has 2 saturated heterocycles. The topological polar surface area (TPSA) is 42.0 Å². The van der Waals surface area contributed by atoms with E-state index in [4.69, 9.17) is 9.47 Å². The van der Waals surface area contributed by atoms with Crippen molar-refractivity contribution in [3.63, 3.8) is 0 Å². The van der Waals surface area contributed by atoms with Gasteiger partial charge in [0.25, 0.3) is 5.91 Å². The van der Waals surface area contributed by atoms with Crippen LogP contribution in [0.5, 0.6) is 5.75 Å². The number of rotatable bonds is 4. The molecule has 0 bridgehead atoms. The van der Waals surface area contributed by atoms with Crippen LogP contribution in [0.1, 0.15) is 18.4 Å². The van der Waals surface area contributed by atoms with Crippen molar-refractivity contribution in [1.82, 2.24) is 4.90 Å². The van der Waals surface area contributed by atoms with Crippen LogP contribution in [0.15, 0.2) is 48.5 Å². The van der Waals surface area contributed by atoms with Crippen molar-refractivity contribution < 1.29 is 18.7 Å². The molecule has 2 aromatic rings. The number of nitrogens with zero attached hydrogens (tertiary/aromatic N) is 2. The molecule has 148 valence electrons. The Kier molecular flexibility index (Phi) is 5.33. The molecule has 1 spiro atoms. The molecule has 6 heteroatoms. The number of likely N-dealkylation sites (tertiary alicyclic amines) is 1. The quantitative estimate of drug-likeness (QED) is 0.812. The van der Waals surface area contributed by atoms with Gasteiger partial charge in [-0.3, -0.25) is 9.69 Å². The van der Waals surface area contributed by atoms with Crippen molar-refractivity contribution in [3.05, 3.63) is 59.9 Å². The second-order valence-corrected chi connectivity index (χ2v) is 7.55. The van der Waals surface area contributed by atoms with E-state index in [-0.39, 0.29) is 23.9 Å². The average molecular weight is 384 g/mol. The molecule has 0 aromatic heterocycles. The van der Waals surface area contributed by atoms with E-state index in [0.29, 0.717) is 6.54 Å². The summed E-state index contributed by atoms with van der Waals surface area (Å²) >= 11 is 0. The van der Waals surface area contributed by atoms with Crippen molar-refractivity contribution in [3.8, 4) is 5.75 Å². The summed E-state index contributed by atoms with van der Waals surface area (Å²) in [5.74, 6) is 0.492. The number of ether oxygens (including phenoxy) is 2. The number of halogens is 1. The summed E-state index contributed by atoms with van der Waals surface area (Å²) in [7, 11) is 1.67. The number of benzene rings is 2. The highest BCUT2D eigenvalue weighted by Crippen LogP contribution is 2.33. The molecule has 5 nitrogen and oxygen atoms in total. The highest BCUT2D eigenvalue weighted by molar-refractivity contribution is 5.95. The van der Waals surface area contributed by atoms with Crippen LogP contribution in [-0.2, 0) is 16.1 Å². The predicted molar refractivity (Wildman–Crippen MR) is 105 cm³/mol. The van der Waals surface area contributed by atoms with Crippen molar-refractivity contribution in [2.24, 2.45) is 0 Å². The average Bonchev–Trinajstić information content (AvgIpc) is 2.73. The van der Waals surface area contributed by atoms with E-state index >= 15 is 0 Å². The second kappa shape index (κ2) is 7.89. The van der Waals surface area contributed by atoms with Crippen LogP contribution < -0.4 is 9.64 Å². The fourth-order valence-corrected chi connectivity index (χ4v) is 3.98. The Labute approximate surface area is 164 Å². The fraction of sp³-hybridized carbons (Fsp3) is 0.409. The zero-order valence-electron chi connectivity index (χ0n) is 16.1. The zero-order valence-corrected chi connectivity index (χ0v) is 16.1. The van der Waals surface area contributed by atoms with Gasteiger partial charge in [0.2, 0.25) is 0 Å². The van der Waals surface area contributed by atoms with Crippen LogP contribution in [0.4, 0.5) is 10.1 Å². The van der Waals surface area contributed by atoms with Gasteiger partial charge in [0.15, 0.2) is 0 Å². The van der Waals surface area contributed by atoms with E-state index in [1.807, 2.05) is 12.1 Å². The monoisotopic (exact) mass is 384 g/mol. The van der Waals surface area contributed by atoms with Gasteiger partial charge >= 0.3 is 0 Å². The Morgan fingerprint density at radius 2 is 1.75 bits per heavy atom. The van der Waals surface area contributed by atoms with Crippen LogP contribution in [-0.4, -0.2) is 49.8 Å². The Balaban J connectivity index is 1.38. The summed E-state index contributed by atoms with van der Waals surface area (Å²) in [5.41, 5.74) is 1.66. The van der Waals surface area contributed by atoms with Gasteiger partial charge in [0.1, 0.15) is 18.2 Å². The van der Waals surface area contributed by atoms with E-state index in [0.717, 1.165) is 43.9 Å². The number of methoxy groups -OCH3 is 1. The van der Waals surface area contributed by atoms with E-state index in [1.165, 1.54) is 17.7 Å². The summed E-state index contributed by atoms with van der Waals surface area (Å²) in [5, 5.41) is 0. The van der Waals surface area contributed by atoms with Crippen LogP contribution in [0, 0.1) is 5.82 Å². The smallest absolute Gasteiger partial charge is 0.253 e. The molecule has 0 radical (unpaired) electrons. The van der Waals surface area contributed by atoms with Gasteiger partial charge in [0.05, 0.1) is 19.3 Å². The van der Waals surface area contributed by atoms with Gasteiger partial charge in [-0.15, -0.1) is 0 Å². The first-order chi connectivity index (χ1) is 13.6. The molecule has 0 unspecified atom stereocenters. The second-order valence-electron chi connectivity index (χ2n) is 7.55. The van der Waals surface area contributed by atoms with Crippen molar-refractivity contribution >= 4 is 11.6 Å². The van der Waals surface area contributed by atoms with E-state index in [9.17, 15) is 9.18 Å². The standard InChI is InChI=1S/C22H25FN2O3/c1-27-20-8-2-17(3-9-20)14-24-12-10-22(11-13-24)16-25(21(26)15-28-22)19-6-4-18(23)5-7-19/h2-9H,10-16H2,1H3. The van der Waals surface area contributed by atoms with Gasteiger partial charge in [-0.2, -0.15) is 0 Å². The lowest BCUT2D eigenvalue weighted by Crippen LogP contribution is -2.58. The first kappa shape index (κ1) is 18.9. The van der Waals surface area contributed by atoms with Crippen molar-refractivity contribution in [2.75, 3.05) is 38.3 Å². The number of amides is 1. The highest BCUT2D eigenvalue weighted by atomic mass is 19.1. The molecule has 0 atom stereocenters. The summed E-state index contributed by atoms with van der Waals surface area (Å²) in [6.45, 7) is 3.32. The Hall–Kier alpha value is -2.44. The van der Waals surface area contributed by atoms with Crippen LogP contribution in [0.2, 0.25) is 0 Å². The molecule has 0 aliphatic carbocycles. The molecular formula is C22H25FN2O3. The van der Waals surface area contributed by atoms with Crippen LogP contribution in [0.3, 0.4) is 0 Å². The van der Waals surface area contributed by atoms with E-state index in [1.54, 1.807) is 24.1 Å². The molecule has 4 rings (SSSR count). The van der Waals surface area contributed by atoms with E-state index in [2.05, 4.69) is 17.0 Å². The molecule has 2 fully saturated rings. The Morgan fingerprint density at radius 3 is 2.39 bits per heavy atom. The van der Waals surface area contributed by atoms with Gasteiger partial charge in [-0.05, 0) is 54.8 Å². The number of anilines is 1. The number of hydrogen-bond acceptors (Lipinski definition) is 4. The number of piperidine rings is 1. The van der Waals surface area contributed by atoms with E-state index < -0.39 is 0 Å². The molecule has 2 heterocycles. The Morgan fingerprint density at radius 1 is 1.07 bits per heavy atom. The SMILES string of the molecule is COc1ccc(CN2CCC3(CC2)CN(c2ccc(F)cc2)C(=O)CO3)cc1. The molecule has 0 saturated carbocycles. The van der Waals surface area contributed by atoms with Gasteiger partial charge in [-0.1, -0.05) is 12.1 Å². The third kappa shape index (κ3) is 4.03. The molecule has 28 heavy (non-hydrogen) atoms. The minimum atomic E-state index is -0.321. The first-order valence-electron chi connectivity index (χ1n) is 9.62. The summed E-state index contributed by atoms with van der Waals surface area (Å²) in [6, 6.07) is 14.2. The Bertz CT molecular complexity index is 815. The van der Waals surface area contributed by atoms with Gasteiger partial charge in [-0.25, -0.2) is 4.39 Å². The largest absolute Gasteiger partial charge is 0.497 e. The maximum absolute atomic E-state index is 13.2. The molecule has 2 aliphatic heterocycles. The third-order valence-corrected chi connectivity index (χ3v) is 5.72. The molecule has 0 N–H and O–H groups in total. The van der Waals surface area contributed by atoms with Crippen molar-refractivity contribution in [1.29, 1.82) is 0 Å². The van der Waals surface area contributed by atoms with Gasteiger partial charge < -0.3 is 14.4 Å². The number of carbonyl (C=O) groups excluding carboxylic acids is 1. The molecule has 2 aromatic carbocycles. The lowest BCUT2D eigenvalue weighted by molar-refractivity contribution is -0.144. The maximum Gasteiger partial charge on any atom is 0.253 e. The van der Waals surface area contributed by atoms with Gasteiger partial charge in [0, 0.05) is 25.3 Å². The summed E-state index contributed by atoms with van der Waals surface area (Å²) in [4.78, 5) is 16.5. The lowest BCUT2D eigenvalue weighted by atomic mass is 9.88. The predicted octanol–water partition coefficient (Wildman–Crippen LogP) is 3.23. The molecular weight excluding hydrogens is 359 g/mol. The molecule has 2 aliphatic rings. The number of morpholine rings is 1. The summed E-state index contributed by atoms with van der Waals surface area (Å²) < 4.78 is 24.5. The lowest BCUT2D eigenvalue weighted by Gasteiger charge is -2.47. The highest BCUT2D eigenvalue weighted by Gasteiger charge is 2.42. The maximum atomic E-state index is 13.2. The van der Waals surface area contributed by atoms with Crippen LogP contribution in [0.25, 0.3) is 0 Å². The number of carbonyl (C=O) groups is 1. The van der Waals surface area contributed by atoms with Crippen molar-refractivity contribution in [2.45, 2.75) is 25.0 Å². The zero-order chi connectivity index (χ0) is 19.6. The van der Waals surface area contributed by atoms with Crippen LogP contribution >= 0.6 is 0 Å². The summed E-state index contributed by atoms with van der Waals surface area (Å²) in [6.07, 6.45) is 1.74. The minimum absolute atomic E-state index is 0.0714. The fourth-order valence-electron chi connectivity index (χ4n) is 3.98. The first-order valence-corrected chi connectivity index (χ1v) is 9.62.